The van der Waals surface area contributed by atoms with Gasteiger partial charge in [0, 0.05) is 17.0 Å². The molecule has 0 radical (unpaired) electrons. The average molecular weight is 339 g/mol. The van der Waals surface area contributed by atoms with E-state index in [9.17, 15) is 9.59 Å². The summed E-state index contributed by atoms with van der Waals surface area (Å²) in [4.78, 5) is 24.6. The van der Waals surface area contributed by atoms with Crippen LogP contribution in [0.5, 0.6) is 0 Å². The molecule has 1 aliphatic heterocycles. The van der Waals surface area contributed by atoms with Gasteiger partial charge in [0.15, 0.2) is 0 Å². The maximum absolute atomic E-state index is 12.4. The molecule has 1 heterocycles. The fraction of sp³-hybridized carbons (Fsp3) is 0.158. The number of rotatable bonds is 4. The second-order valence-corrected chi connectivity index (χ2v) is 6.40. The zero-order valence-electron chi connectivity index (χ0n) is 13.2. The highest BCUT2D eigenvalue weighted by Crippen LogP contribution is 2.30. The molecule has 1 amide bonds. The normalized spacial score (nSPS) is 13.7. The van der Waals surface area contributed by atoms with Crippen LogP contribution in [0.3, 0.4) is 0 Å². The lowest BCUT2D eigenvalue weighted by atomic mass is 10.0. The standard InChI is InChI=1S/C19H17NO3S/c1-23-19(22)17-16(11-12-24-17)20-18(21)15-9-7-14(8-10-15)13-5-3-2-4-6-13/h2-10H,11-12H2,1H3,(H,20,21). The quantitative estimate of drug-likeness (QED) is 0.865. The molecule has 2 aromatic carbocycles. The molecule has 0 unspecified atom stereocenters. The molecule has 0 atom stereocenters. The van der Waals surface area contributed by atoms with Crippen molar-refractivity contribution in [3.63, 3.8) is 0 Å². The predicted octanol–water partition coefficient (Wildman–Crippen LogP) is 3.60. The largest absolute Gasteiger partial charge is 0.465 e. The van der Waals surface area contributed by atoms with Crippen LogP contribution < -0.4 is 5.32 Å². The summed E-state index contributed by atoms with van der Waals surface area (Å²) in [5, 5.41) is 2.84. The third kappa shape index (κ3) is 3.51. The molecule has 0 aliphatic carbocycles. The first-order chi connectivity index (χ1) is 11.7. The summed E-state index contributed by atoms with van der Waals surface area (Å²) in [7, 11) is 1.34. The van der Waals surface area contributed by atoms with Gasteiger partial charge >= 0.3 is 5.97 Å². The fourth-order valence-electron chi connectivity index (χ4n) is 2.50. The smallest absolute Gasteiger partial charge is 0.346 e. The number of ether oxygens (including phenoxy) is 1. The van der Waals surface area contributed by atoms with Crippen LogP contribution in [0.15, 0.2) is 65.2 Å². The first-order valence-electron chi connectivity index (χ1n) is 7.60. The summed E-state index contributed by atoms with van der Waals surface area (Å²) < 4.78 is 4.75. The minimum Gasteiger partial charge on any atom is -0.465 e. The second-order valence-electron chi connectivity index (χ2n) is 5.30. The third-order valence-corrected chi connectivity index (χ3v) is 4.87. The third-order valence-electron chi connectivity index (χ3n) is 3.76. The highest BCUT2D eigenvalue weighted by molar-refractivity contribution is 8.04. The van der Waals surface area contributed by atoms with Crippen molar-refractivity contribution in [3.05, 3.63) is 70.8 Å². The van der Waals surface area contributed by atoms with Crippen molar-refractivity contribution in [3.8, 4) is 11.1 Å². The van der Waals surface area contributed by atoms with Crippen LogP contribution in [0.2, 0.25) is 0 Å². The minimum atomic E-state index is -0.396. The van der Waals surface area contributed by atoms with E-state index in [1.54, 1.807) is 12.1 Å². The van der Waals surface area contributed by atoms with E-state index in [2.05, 4.69) is 5.32 Å². The molecule has 24 heavy (non-hydrogen) atoms. The van der Waals surface area contributed by atoms with E-state index in [4.69, 9.17) is 4.74 Å². The van der Waals surface area contributed by atoms with Crippen LogP contribution in [0.1, 0.15) is 16.8 Å². The number of hydrogen-bond acceptors (Lipinski definition) is 4. The topological polar surface area (TPSA) is 55.4 Å². The molecule has 0 spiro atoms. The van der Waals surface area contributed by atoms with Gasteiger partial charge in [-0.3, -0.25) is 4.79 Å². The lowest BCUT2D eigenvalue weighted by molar-refractivity contribution is -0.135. The highest BCUT2D eigenvalue weighted by atomic mass is 32.2. The van der Waals surface area contributed by atoms with Crippen molar-refractivity contribution < 1.29 is 14.3 Å². The summed E-state index contributed by atoms with van der Waals surface area (Å²) >= 11 is 1.41. The Morgan fingerprint density at radius 3 is 2.33 bits per heavy atom. The van der Waals surface area contributed by atoms with Gasteiger partial charge in [-0.15, -0.1) is 11.8 Å². The number of allylic oxidation sites excluding steroid dienone is 1. The molecule has 0 fully saturated rings. The van der Waals surface area contributed by atoms with Gasteiger partial charge < -0.3 is 10.1 Å². The predicted molar refractivity (Wildman–Crippen MR) is 95.5 cm³/mol. The molecule has 2 aromatic rings. The van der Waals surface area contributed by atoms with Crippen LogP contribution in [0, 0.1) is 0 Å². The fourth-order valence-corrected chi connectivity index (χ4v) is 3.54. The molecule has 0 aromatic heterocycles. The zero-order chi connectivity index (χ0) is 16.9. The Morgan fingerprint density at radius 2 is 1.67 bits per heavy atom. The van der Waals surface area contributed by atoms with Crippen molar-refractivity contribution in [2.24, 2.45) is 0 Å². The number of thioether (sulfide) groups is 1. The molecule has 4 nitrogen and oxygen atoms in total. The van der Waals surface area contributed by atoms with Gasteiger partial charge in [0.25, 0.3) is 5.91 Å². The summed E-state index contributed by atoms with van der Waals surface area (Å²) in [6, 6.07) is 17.4. The molecule has 3 rings (SSSR count). The number of esters is 1. The maximum atomic E-state index is 12.4. The lowest BCUT2D eigenvalue weighted by Gasteiger charge is -2.08. The van der Waals surface area contributed by atoms with E-state index in [0.717, 1.165) is 16.9 Å². The molecular formula is C19H17NO3S. The Bertz CT molecular complexity index is 782. The molecular weight excluding hydrogens is 322 g/mol. The molecule has 5 heteroatoms. The van der Waals surface area contributed by atoms with Gasteiger partial charge in [-0.25, -0.2) is 4.79 Å². The van der Waals surface area contributed by atoms with Gasteiger partial charge in [-0.2, -0.15) is 0 Å². The number of amides is 1. The van der Waals surface area contributed by atoms with Crippen LogP contribution in [0.4, 0.5) is 0 Å². The summed E-state index contributed by atoms with van der Waals surface area (Å²) in [6.45, 7) is 0. The average Bonchev–Trinajstić information content (AvgIpc) is 3.10. The minimum absolute atomic E-state index is 0.214. The second kappa shape index (κ2) is 7.36. The molecule has 122 valence electrons. The SMILES string of the molecule is COC(=O)C1=C(NC(=O)c2ccc(-c3ccccc3)cc2)CCS1. The Morgan fingerprint density at radius 1 is 1.00 bits per heavy atom. The monoisotopic (exact) mass is 339 g/mol. The van der Waals surface area contributed by atoms with Gasteiger partial charge in [0.05, 0.1) is 7.11 Å². The van der Waals surface area contributed by atoms with Crippen molar-refractivity contribution in [2.75, 3.05) is 12.9 Å². The van der Waals surface area contributed by atoms with E-state index in [1.807, 2.05) is 42.5 Å². The number of carbonyl (C=O) groups excluding carboxylic acids is 2. The van der Waals surface area contributed by atoms with Crippen molar-refractivity contribution in [1.29, 1.82) is 0 Å². The van der Waals surface area contributed by atoms with E-state index in [0.29, 0.717) is 22.6 Å². The van der Waals surface area contributed by atoms with E-state index in [1.165, 1.54) is 18.9 Å². The molecule has 0 bridgehead atoms. The number of carbonyl (C=O) groups is 2. The molecule has 1 N–H and O–H groups in total. The molecule has 0 saturated heterocycles. The molecule has 1 aliphatic rings. The summed E-state index contributed by atoms with van der Waals surface area (Å²) in [6.07, 6.45) is 0.656. The first kappa shape index (κ1) is 16.3. The van der Waals surface area contributed by atoms with Crippen LogP contribution in [0.25, 0.3) is 11.1 Å². The number of hydrogen-bond donors (Lipinski definition) is 1. The van der Waals surface area contributed by atoms with E-state index >= 15 is 0 Å². The Balaban J connectivity index is 1.75. The Labute approximate surface area is 144 Å². The van der Waals surface area contributed by atoms with E-state index in [-0.39, 0.29) is 5.91 Å². The Kier molecular flexibility index (Phi) is 5.01. The van der Waals surface area contributed by atoms with Gasteiger partial charge in [-0.05, 0) is 29.7 Å². The van der Waals surface area contributed by atoms with Crippen molar-refractivity contribution in [1.82, 2.24) is 5.32 Å². The summed E-state index contributed by atoms with van der Waals surface area (Å²) in [5.74, 6) is 0.160. The Hall–Kier alpha value is -2.53. The van der Waals surface area contributed by atoms with Crippen molar-refractivity contribution in [2.45, 2.75) is 6.42 Å². The van der Waals surface area contributed by atoms with Crippen molar-refractivity contribution >= 4 is 23.6 Å². The van der Waals surface area contributed by atoms with Gasteiger partial charge in [0.1, 0.15) is 4.91 Å². The van der Waals surface area contributed by atoms with Crippen LogP contribution >= 0.6 is 11.8 Å². The number of benzene rings is 2. The van der Waals surface area contributed by atoms with Gasteiger partial charge in [0.2, 0.25) is 0 Å². The highest BCUT2D eigenvalue weighted by Gasteiger charge is 2.24. The molecule has 0 saturated carbocycles. The number of methoxy groups -OCH3 is 1. The van der Waals surface area contributed by atoms with E-state index < -0.39 is 5.97 Å². The first-order valence-corrected chi connectivity index (χ1v) is 8.58. The summed E-state index contributed by atoms with van der Waals surface area (Å²) in [5.41, 5.74) is 3.36. The number of nitrogens with one attached hydrogen (secondary N) is 1. The zero-order valence-corrected chi connectivity index (χ0v) is 14.1. The lowest BCUT2D eigenvalue weighted by Crippen LogP contribution is -2.24. The van der Waals surface area contributed by atoms with Crippen LogP contribution in [-0.4, -0.2) is 24.7 Å². The van der Waals surface area contributed by atoms with Crippen LogP contribution in [-0.2, 0) is 9.53 Å². The van der Waals surface area contributed by atoms with Gasteiger partial charge in [-0.1, -0.05) is 42.5 Å². The maximum Gasteiger partial charge on any atom is 0.346 e.